The van der Waals surface area contributed by atoms with Crippen LogP contribution in [0.5, 0.6) is 0 Å². The Balaban J connectivity index is 0.00000161. The second-order valence-corrected chi connectivity index (χ2v) is 6.07. The lowest BCUT2D eigenvalue weighted by atomic mass is 10.0. The van der Waals surface area contributed by atoms with Crippen LogP contribution in [0.25, 0.3) is 0 Å². The monoisotopic (exact) mass is 309 g/mol. The van der Waals surface area contributed by atoms with Gasteiger partial charge in [-0.05, 0) is 37.4 Å². The fourth-order valence-corrected chi connectivity index (χ4v) is 3.40. The summed E-state index contributed by atoms with van der Waals surface area (Å²) < 4.78 is 0. The van der Waals surface area contributed by atoms with Crippen LogP contribution >= 0.6 is 12.4 Å². The Kier molecular flexibility index (Phi) is 5.62. The topological polar surface area (TPSA) is 44.4 Å². The number of hydrogen-bond acceptors (Lipinski definition) is 3. The quantitative estimate of drug-likeness (QED) is 0.884. The zero-order chi connectivity index (χ0) is 13.9. The van der Waals surface area contributed by atoms with E-state index in [2.05, 4.69) is 27.7 Å². The molecular weight excluding hydrogens is 286 g/mol. The molecule has 1 aromatic carbocycles. The summed E-state index contributed by atoms with van der Waals surface area (Å²) in [4.78, 5) is 14.4. The molecule has 2 N–H and O–H groups in total. The highest BCUT2D eigenvalue weighted by molar-refractivity contribution is 5.85. The zero-order valence-corrected chi connectivity index (χ0v) is 13.2. The van der Waals surface area contributed by atoms with Gasteiger partial charge in [-0.1, -0.05) is 30.3 Å². The summed E-state index contributed by atoms with van der Waals surface area (Å²) in [6.45, 7) is 6.92. The molecule has 1 aromatic rings. The van der Waals surface area contributed by atoms with Crippen molar-refractivity contribution in [3.05, 3.63) is 35.9 Å². The molecule has 0 bridgehead atoms. The Morgan fingerprint density at radius 1 is 1.29 bits per heavy atom. The SMILES string of the molecule is CC(NC(=O)CN1C[C@H]2CNC[C@H]2C1)c1ccccc1.Cl. The maximum atomic E-state index is 12.1. The highest BCUT2D eigenvalue weighted by atomic mass is 35.5. The molecule has 21 heavy (non-hydrogen) atoms. The van der Waals surface area contributed by atoms with Crippen LogP contribution in [0, 0.1) is 11.8 Å². The molecule has 2 saturated heterocycles. The Labute approximate surface area is 132 Å². The lowest BCUT2D eigenvalue weighted by molar-refractivity contribution is -0.122. The fraction of sp³-hybridized carbons (Fsp3) is 0.562. The summed E-state index contributed by atoms with van der Waals surface area (Å²) in [7, 11) is 0. The Morgan fingerprint density at radius 3 is 2.52 bits per heavy atom. The van der Waals surface area contributed by atoms with E-state index in [0.717, 1.165) is 43.6 Å². The van der Waals surface area contributed by atoms with Gasteiger partial charge >= 0.3 is 0 Å². The van der Waals surface area contributed by atoms with Crippen molar-refractivity contribution in [3.8, 4) is 0 Å². The molecule has 0 saturated carbocycles. The van der Waals surface area contributed by atoms with Crippen molar-refractivity contribution in [2.75, 3.05) is 32.7 Å². The number of rotatable bonds is 4. The predicted molar refractivity (Wildman–Crippen MR) is 86.5 cm³/mol. The summed E-state index contributed by atoms with van der Waals surface area (Å²) >= 11 is 0. The number of fused-ring (bicyclic) bond motifs is 1. The van der Waals surface area contributed by atoms with Gasteiger partial charge in [0.05, 0.1) is 12.6 Å². The summed E-state index contributed by atoms with van der Waals surface area (Å²) in [5.74, 6) is 1.62. The number of nitrogens with zero attached hydrogens (tertiary/aromatic N) is 1. The minimum atomic E-state index is 0. The standard InChI is InChI=1S/C16H23N3O.ClH/c1-12(13-5-3-2-4-6-13)18-16(20)11-19-9-14-7-17-8-15(14)10-19;/h2-6,12,14-15,17H,7-11H2,1H3,(H,18,20);1H/t12?,14-,15+;. The molecule has 0 aromatic heterocycles. The average Bonchev–Trinajstić information content (AvgIpc) is 3.00. The molecule has 2 heterocycles. The van der Waals surface area contributed by atoms with Gasteiger partial charge in [0.2, 0.25) is 5.91 Å². The second-order valence-electron chi connectivity index (χ2n) is 6.07. The van der Waals surface area contributed by atoms with Crippen LogP contribution in [0.1, 0.15) is 18.5 Å². The number of hydrogen-bond donors (Lipinski definition) is 2. The third kappa shape index (κ3) is 3.96. The number of halogens is 1. The van der Waals surface area contributed by atoms with E-state index in [1.54, 1.807) is 0 Å². The van der Waals surface area contributed by atoms with E-state index >= 15 is 0 Å². The molecule has 0 spiro atoms. The number of likely N-dealkylation sites (tertiary alicyclic amines) is 1. The van der Waals surface area contributed by atoms with Gasteiger partial charge in [0.15, 0.2) is 0 Å². The van der Waals surface area contributed by atoms with E-state index in [1.807, 2.05) is 25.1 Å². The zero-order valence-electron chi connectivity index (χ0n) is 12.4. The maximum absolute atomic E-state index is 12.1. The van der Waals surface area contributed by atoms with Crippen LogP contribution in [-0.2, 0) is 4.79 Å². The molecule has 1 amide bonds. The predicted octanol–water partition coefficient (Wildman–Crippen LogP) is 1.44. The largest absolute Gasteiger partial charge is 0.348 e. The number of amides is 1. The molecule has 0 aliphatic carbocycles. The molecule has 3 atom stereocenters. The van der Waals surface area contributed by atoms with Crippen molar-refractivity contribution in [2.45, 2.75) is 13.0 Å². The third-order valence-electron chi connectivity index (χ3n) is 4.51. The van der Waals surface area contributed by atoms with Gasteiger partial charge in [-0.3, -0.25) is 9.69 Å². The van der Waals surface area contributed by atoms with Crippen molar-refractivity contribution < 1.29 is 4.79 Å². The summed E-state index contributed by atoms with van der Waals surface area (Å²) in [5.41, 5.74) is 1.16. The first-order chi connectivity index (χ1) is 9.72. The molecule has 3 rings (SSSR count). The van der Waals surface area contributed by atoms with Gasteiger partial charge in [-0.15, -0.1) is 12.4 Å². The average molecular weight is 310 g/mol. The van der Waals surface area contributed by atoms with Gasteiger partial charge in [0.25, 0.3) is 0 Å². The molecule has 116 valence electrons. The number of nitrogens with one attached hydrogen (secondary N) is 2. The summed E-state index contributed by atoms with van der Waals surface area (Å²) in [5, 5.41) is 6.52. The molecule has 1 unspecified atom stereocenters. The van der Waals surface area contributed by atoms with Crippen LogP contribution in [0.2, 0.25) is 0 Å². The number of carbonyl (C=O) groups excluding carboxylic acids is 1. The summed E-state index contributed by atoms with van der Waals surface area (Å²) in [6, 6.07) is 10.2. The van der Waals surface area contributed by atoms with Gasteiger partial charge in [0.1, 0.15) is 0 Å². The number of carbonyl (C=O) groups is 1. The van der Waals surface area contributed by atoms with Crippen molar-refractivity contribution in [1.29, 1.82) is 0 Å². The first-order valence-corrected chi connectivity index (χ1v) is 7.50. The fourth-order valence-electron chi connectivity index (χ4n) is 3.40. The first-order valence-electron chi connectivity index (χ1n) is 7.50. The lowest BCUT2D eigenvalue weighted by Gasteiger charge is -2.19. The minimum Gasteiger partial charge on any atom is -0.348 e. The van der Waals surface area contributed by atoms with Crippen molar-refractivity contribution in [3.63, 3.8) is 0 Å². The van der Waals surface area contributed by atoms with Crippen LogP contribution in [-0.4, -0.2) is 43.5 Å². The highest BCUT2D eigenvalue weighted by Crippen LogP contribution is 2.25. The Hall–Kier alpha value is -1.10. The van der Waals surface area contributed by atoms with Crippen LogP contribution in [0.3, 0.4) is 0 Å². The van der Waals surface area contributed by atoms with E-state index in [4.69, 9.17) is 0 Å². The van der Waals surface area contributed by atoms with E-state index in [9.17, 15) is 4.79 Å². The highest BCUT2D eigenvalue weighted by Gasteiger charge is 2.36. The first kappa shape index (κ1) is 16.3. The lowest BCUT2D eigenvalue weighted by Crippen LogP contribution is -2.38. The van der Waals surface area contributed by atoms with Gasteiger partial charge in [0, 0.05) is 13.1 Å². The number of benzene rings is 1. The second kappa shape index (κ2) is 7.25. The molecule has 4 nitrogen and oxygen atoms in total. The van der Waals surface area contributed by atoms with Gasteiger partial charge in [-0.25, -0.2) is 0 Å². The van der Waals surface area contributed by atoms with Gasteiger partial charge < -0.3 is 10.6 Å². The normalized spacial score (nSPS) is 26.0. The minimum absolute atomic E-state index is 0. The molecule has 0 radical (unpaired) electrons. The third-order valence-corrected chi connectivity index (χ3v) is 4.51. The van der Waals surface area contributed by atoms with Gasteiger partial charge in [-0.2, -0.15) is 0 Å². The van der Waals surface area contributed by atoms with Crippen LogP contribution in [0.15, 0.2) is 30.3 Å². The molecule has 2 aliphatic rings. The van der Waals surface area contributed by atoms with E-state index < -0.39 is 0 Å². The summed E-state index contributed by atoms with van der Waals surface area (Å²) in [6.07, 6.45) is 0. The maximum Gasteiger partial charge on any atom is 0.234 e. The van der Waals surface area contributed by atoms with E-state index in [1.165, 1.54) is 0 Å². The Bertz CT molecular complexity index is 456. The van der Waals surface area contributed by atoms with E-state index in [-0.39, 0.29) is 24.4 Å². The molecule has 2 fully saturated rings. The molecular formula is C16H24ClN3O. The van der Waals surface area contributed by atoms with Crippen molar-refractivity contribution in [2.24, 2.45) is 11.8 Å². The van der Waals surface area contributed by atoms with E-state index in [0.29, 0.717) is 6.54 Å². The smallest absolute Gasteiger partial charge is 0.234 e. The molecule has 5 heteroatoms. The van der Waals surface area contributed by atoms with Crippen LogP contribution in [0.4, 0.5) is 0 Å². The molecule has 2 aliphatic heterocycles. The van der Waals surface area contributed by atoms with Crippen LogP contribution < -0.4 is 10.6 Å². The van der Waals surface area contributed by atoms with Crippen molar-refractivity contribution in [1.82, 2.24) is 15.5 Å². The Morgan fingerprint density at radius 2 is 1.90 bits per heavy atom. The van der Waals surface area contributed by atoms with Crippen molar-refractivity contribution >= 4 is 18.3 Å².